The molecular formula is C14H21BrFN3. The van der Waals surface area contributed by atoms with Gasteiger partial charge >= 0.3 is 0 Å². The number of benzene rings is 1. The van der Waals surface area contributed by atoms with Crippen LogP contribution in [0.25, 0.3) is 0 Å². The third kappa shape index (κ3) is 4.16. The summed E-state index contributed by atoms with van der Waals surface area (Å²) < 4.78 is 13.8. The normalized spacial score (nSPS) is 17.7. The standard InChI is InChI=1S/C14H21BrFN3/c1-11-9-13(16)12(15)10-14(11)17-3-4-19-7-5-18(2)6-8-19/h9-10,17H,3-8H2,1-2H3. The molecule has 1 aliphatic heterocycles. The van der Waals surface area contributed by atoms with Crippen LogP contribution in [0.5, 0.6) is 0 Å². The Kier molecular flexibility index (Phi) is 5.19. The van der Waals surface area contributed by atoms with Crippen molar-refractivity contribution in [3.63, 3.8) is 0 Å². The maximum atomic E-state index is 13.3. The SMILES string of the molecule is Cc1cc(F)c(Br)cc1NCCN1CCN(C)CC1. The minimum Gasteiger partial charge on any atom is -0.384 e. The summed E-state index contributed by atoms with van der Waals surface area (Å²) in [5, 5.41) is 3.39. The van der Waals surface area contributed by atoms with E-state index in [1.807, 2.05) is 13.0 Å². The summed E-state index contributed by atoms with van der Waals surface area (Å²) in [4.78, 5) is 4.81. The van der Waals surface area contributed by atoms with Crippen molar-refractivity contribution >= 4 is 21.6 Å². The lowest BCUT2D eigenvalue weighted by Gasteiger charge is -2.32. The molecule has 1 aromatic carbocycles. The van der Waals surface area contributed by atoms with E-state index in [2.05, 4.69) is 38.1 Å². The van der Waals surface area contributed by atoms with Crippen molar-refractivity contribution in [2.45, 2.75) is 6.92 Å². The smallest absolute Gasteiger partial charge is 0.137 e. The first-order valence-corrected chi connectivity index (χ1v) is 7.46. The van der Waals surface area contributed by atoms with Crippen molar-refractivity contribution in [1.29, 1.82) is 0 Å². The summed E-state index contributed by atoms with van der Waals surface area (Å²) >= 11 is 3.22. The Balaban J connectivity index is 1.81. The van der Waals surface area contributed by atoms with Crippen molar-refractivity contribution < 1.29 is 4.39 Å². The molecule has 1 aliphatic rings. The summed E-state index contributed by atoms with van der Waals surface area (Å²) in [5.74, 6) is -0.206. The summed E-state index contributed by atoms with van der Waals surface area (Å²) in [6.07, 6.45) is 0. The van der Waals surface area contributed by atoms with Gasteiger partial charge in [-0.15, -0.1) is 0 Å². The largest absolute Gasteiger partial charge is 0.384 e. The molecule has 0 spiro atoms. The van der Waals surface area contributed by atoms with Gasteiger partial charge < -0.3 is 10.2 Å². The van der Waals surface area contributed by atoms with E-state index in [1.165, 1.54) is 0 Å². The van der Waals surface area contributed by atoms with Crippen LogP contribution in [0.3, 0.4) is 0 Å². The van der Waals surface area contributed by atoms with Gasteiger partial charge in [-0.2, -0.15) is 0 Å². The first kappa shape index (κ1) is 14.8. The molecule has 1 heterocycles. The van der Waals surface area contributed by atoms with E-state index in [4.69, 9.17) is 0 Å². The van der Waals surface area contributed by atoms with Crippen molar-refractivity contribution in [2.75, 3.05) is 51.6 Å². The Morgan fingerprint density at radius 3 is 2.63 bits per heavy atom. The molecule has 0 aromatic heterocycles. The molecule has 0 saturated carbocycles. The predicted molar refractivity (Wildman–Crippen MR) is 81.3 cm³/mol. The van der Waals surface area contributed by atoms with E-state index in [1.54, 1.807) is 6.07 Å². The Bertz CT molecular complexity index is 431. The molecule has 106 valence electrons. The first-order valence-electron chi connectivity index (χ1n) is 6.66. The molecule has 1 aromatic rings. The van der Waals surface area contributed by atoms with Gasteiger partial charge in [0.25, 0.3) is 0 Å². The molecule has 0 aliphatic carbocycles. The number of halogens is 2. The van der Waals surface area contributed by atoms with E-state index in [0.717, 1.165) is 50.5 Å². The third-order valence-corrected chi connectivity index (χ3v) is 4.21. The molecule has 2 rings (SSSR count). The molecular weight excluding hydrogens is 309 g/mol. The Morgan fingerprint density at radius 1 is 1.26 bits per heavy atom. The number of rotatable bonds is 4. The zero-order valence-corrected chi connectivity index (χ0v) is 13.1. The number of hydrogen-bond acceptors (Lipinski definition) is 3. The van der Waals surface area contributed by atoms with Gasteiger partial charge in [-0.25, -0.2) is 4.39 Å². The number of anilines is 1. The van der Waals surface area contributed by atoms with Crippen molar-refractivity contribution in [1.82, 2.24) is 9.80 Å². The fourth-order valence-corrected chi connectivity index (χ4v) is 2.60. The second-order valence-corrected chi connectivity index (χ2v) is 6.01. The molecule has 1 N–H and O–H groups in total. The molecule has 1 fully saturated rings. The second-order valence-electron chi connectivity index (χ2n) is 5.15. The van der Waals surface area contributed by atoms with Gasteiger partial charge in [0, 0.05) is 45.0 Å². The monoisotopic (exact) mass is 329 g/mol. The summed E-state index contributed by atoms with van der Waals surface area (Å²) in [7, 11) is 2.16. The van der Waals surface area contributed by atoms with E-state index >= 15 is 0 Å². The van der Waals surface area contributed by atoms with E-state index in [-0.39, 0.29) is 5.82 Å². The quantitative estimate of drug-likeness (QED) is 0.915. The Labute approximate surface area is 122 Å². The lowest BCUT2D eigenvalue weighted by Crippen LogP contribution is -2.45. The molecule has 5 heteroatoms. The van der Waals surface area contributed by atoms with Crippen molar-refractivity contribution in [3.05, 3.63) is 28.0 Å². The highest BCUT2D eigenvalue weighted by Gasteiger charge is 2.13. The fourth-order valence-electron chi connectivity index (χ4n) is 2.26. The summed E-state index contributed by atoms with van der Waals surface area (Å²) in [5.41, 5.74) is 1.95. The van der Waals surface area contributed by atoms with E-state index in [0.29, 0.717) is 4.47 Å². The van der Waals surface area contributed by atoms with Gasteiger partial charge in [-0.1, -0.05) is 0 Å². The third-order valence-electron chi connectivity index (χ3n) is 3.61. The van der Waals surface area contributed by atoms with Gasteiger partial charge in [-0.05, 0) is 47.6 Å². The molecule has 0 radical (unpaired) electrons. The predicted octanol–water partition coefficient (Wildman–Crippen LogP) is 2.56. The second kappa shape index (κ2) is 6.68. The van der Waals surface area contributed by atoms with Gasteiger partial charge in [0.1, 0.15) is 5.82 Å². The highest BCUT2D eigenvalue weighted by atomic mass is 79.9. The van der Waals surface area contributed by atoms with Crippen LogP contribution >= 0.6 is 15.9 Å². The highest BCUT2D eigenvalue weighted by molar-refractivity contribution is 9.10. The van der Waals surface area contributed by atoms with Crippen LogP contribution in [0.1, 0.15) is 5.56 Å². The molecule has 0 unspecified atom stereocenters. The Hall–Kier alpha value is -0.650. The van der Waals surface area contributed by atoms with Gasteiger partial charge in [0.15, 0.2) is 0 Å². The van der Waals surface area contributed by atoms with Gasteiger partial charge in [0.05, 0.1) is 4.47 Å². The zero-order chi connectivity index (χ0) is 13.8. The van der Waals surface area contributed by atoms with E-state index in [9.17, 15) is 4.39 Å². The summed E-state index contributed by atoms with van der Waals surface area (Å²) in [6, 6.07) is 3.37. The molecule has 0 amide bonds. The number of likely N-dealkylation sites (N-methyl/N-ethyl adjacent to an activating group) is 1. The lowest BCUT2D eigenvalue weighted by atomic mass is 10.2. The van der Waals surface area contributed by atoms with Crippen LogP contribution < -0.4 is 5.32 Å². The van der Waals surface area contributed by atoms with Crippen molar-refractivity contribution in [2.24, 2.45) is 0 Å². The van der Waals surface area contributed by atoms with Crippen molar-refractivity contribution in [3.8, 4) is 0 Å². The number of piperazine rings is 1. The summed E-state index contributed by atoms with van der Waals surface area (Å²) in [6.45, 7) is 8.38. The average Bonchev–Trinajstić information content (AvgIpc) is 2.38. The fraction of sp³-hybridized carbons (Fsp3) is 0.571. The molecule has 0 bridgehead atoms. The van der Waals surface area contributed by atoms with Crippen LogP contribution in [0.4, 0.5) is 10.1 Å². The number of nitrogens with zero attached hydrogens (tertiary/aromatic N) is 2. The molecule has 0 atom stereocenters. The van der Waals surface area contributed by atoms with Crippen LogP contribution in [-0.2, 0) is 0 Å². The van der Waals surface area contributed by atoms with Gasteiger partial charge in [0.2, 0.25) is 0 Å². The topological polar surface area (TPSA) is 18.5 Å². The van der Waals surface area contributed by atoms with Crippen LogP contribution in [0.2, 0.25) is 0 Å². The minimum atomic E-state index is -0.206. The van der Waals surface area contributed by atoms with Crippen LogP contribution in [0.15, 0.2) is 16.6 Å². The Morgan fingerprint density at radius 2 is 1.95 bits per heavy atom. The van der Waals surface area contributed by atoms with E-state index < -0.39 is 0 Å². The first-order chi connectivity index (χ1) is 9.06. The maximum absolute atomic E-state index is 13.3. The number of aryl methyl sites for hydroxylation is 1. The highest BCUT2D eigenvalue weighted by Crippen LogP contribution is 2.24. The molecule has 19 heavy (non-hydrogen) atoms. The minimum absolute atomic E-state index is 0.206. The molecule has 1 saturated heterocycles. The van der Waals surface area contributed by atoms with Crippen LogP contribution in [-0.4, -0.2) is 56.1 Å². The van der Waals surface area contributed by atoms with Crippen LogP contribution in [0, 0.1) is 12.7 Å². The van der Waals surface area contributed by atoms with Gasteiger partial charge in [-0.3, -0.25) is 4.90 Å². The zero-order valence-electron chi connectivity index (χ0n) is 11.5. The maximum Gasteiger partial charge on any atom is 0.137 e. The molecule has 3 nitrogen and oxygen atoms in total. The lowest BCUT2D eigenvalue weighted by molar-refractivity contribution is 0.158. The number of nitrogens with one attached hydrogen (secondary N) is 1. The average molecular weight is 330 g/mol. The number of hydrogen-bond donors (Lipinski definition) is 1.